The molecule has 0 aromatic heterocycles. The minimum atomic E-state index is 0.0224. The molecular formula is C16H20ClNO2. The van der Waals surface area contributed by atoms with Crippen molar-refractivity contribution in [1.29, 1.82) is 0 Å². The Balaban J connectivity index is 1.72. The fraction of sp³-hybridized carbons (Fsp3) is 0.562. The Morgan fingerprint density at radius 1 is 1.20 bits per heavy atom. The van der Waals surface area contributed by atoms with Crippen molar-refractivity contribution in [1.82, 2.24) is 4.90 Å². The number of piperidine rings is 1. The zero-order valence-electron chi connectivity index (χ0n) is 11.5. The molecule has 20 heavy (non-hydrogen) atoms. The Bertz CT molecular complexity index is 517. The number of benzene rings is 1. The summed E-state index contributed by atoms with van der Waals surface area (Å²) in [6.45, 7) is 1.72. The molecule has 4 heteroatoms. The van der Waals surface area contributed by atoms with Crippen LogP contribution in [0.25, 0.3) is 0 Å². The van der Waals surface area contributed by atoms with Crippen molar-refractivity contribution in [3.05, 3.63) is 28.8 Å². The maximum absolute atomic E-state index is 12.5. The van der Waals surface area contributed by atoms with Crippen molar-refractivity contribution in [2.24, 2.45) is 11.8 Å². The van der Waals surface area contributed by atoms with Crippen LogP contribution in [-0.4, -0.2) is 29.0 Å². The Morgan fingerprint density at radius 2 is 1.95 bits per heavy atom. The van der Waals surface area contributed by atoms with Crippen molar-refractivity contribution >= 4 is 17.5 Å². The summed E-state index contributed by atoms with van der Waals surface area (Å²) in [6.07, 6.45) is 6.36. The maximum Gasteiger partial charge on any atom is 0.253 e. The standard InChI is InChI=1S/C16H20ClNO2/c17-14-9-12(5-6-15(14)19)16(20)18-8-7-11-3-1-2-4-13(11)10-18/h5-6,9,11,13,19H,1-4,7-8,10H2/t11-,13-/m1/s1. The van der Waals surface area contributed by atoms with E-state index in [1.807, 2.05) is 4.90 Å². The maximum atomic E-state index is 12.5. The second-order valence-electron chi connectivity index (χ2n) is 6.01. The predicted molar refractivity (Wildman–Crippen MR) is 79.1 cm³/mol. The van der Waals surface area contributed by atoms with E-state index in [0.717, 1.165) is 25.4 Å². The van der Waals surface area contributed by atoms with Crippen molar-refractivity contribution in [2.75, 3.05) is 13.1 Å². The minimum absolute atomic E-state index is 0.0224. The Morgan fingerprint density at radius 3 is 2.70 bits per heavy atom. The van der Waals surface area contributed by atoms with Crippen LogP contribution in [0.15, 0.2) is 18.2 Å². The summed E-state index contributed by atoms with van der Waals surface area (Å²) in [7, 11) is 0. The number of aromatic hydroxyl groups is 1. The Labute approximate surface area is 124 Å². The third-order valence-electron chi connectivity index (χ3n) is 4.77. The van der Waals surface area contributed by atoms with Gasteiger partial charge in [0.1, 0.15) is 5.75 Å². The monoisotopic (exact) mass is 293 g/mol. The molecule has 1 aromatic rings. The summed E-state index contributed by atoms with van der Waals surface area (Å²) in [5.74, 6) is 1.55. The molecule has 0 radical (unpaired) electrons. The van der Waals surface area contributed by atoms with Gasteiger partial charge in [-0.15, -0.1) is 0 Å². The molecular weight excluding hydrogens is 274 g/mol. The second kappa shape index (κ2) is 5.65. The van der Waals surface area contributed by atoms with Crippen LogP contribution in [0.1, 0.15) is 42.5 Å². The lowest BCUT2D eigenvalue weighted by Crippen LogP contribution is -2.44. The van der Waals surface area contributed by atoms with Crippen LogP contribution in [0.3, 0.4) is 0 Å². The highest BCUT2D eigenvalue weighted by atomic mass is 35.5. The molecule has 1 saturated heterocycles. The number of likely N-dealkylation sites (tertiary alicyclic amines) is 1. The van der Waals surface area contributed by atoms with Crippen LogP contribution in [0.5, 0.6) is 5.75 Å². The van der Waals surface area contributed by atoms with E-state index in [0.29, 0.717) is 11.5 Å². The number of carbonyl (C=O) groups excluding carboxylic acids is 1. The Hall–Kier alpha value is -1.22. The quantitative estimate of drug-likeness (QED) is 0.858. The summed E-state index contributed by atoms with van der Waals surface area (Å²) in [5.41, 5.74) is 0.571. The van der Waals surface area contributed by atoms with E-state index >= 15 is 0 Å². The molecule has 1 aromatic carbocycles. The fourth-order valence-electron chi connectivity index (χ4n) is 3.61. The number of phenols is 1. The largest absolute Gasteiger partial charge is 0.506 e. The van der Waals surface area contributed by atoms with Crippen molar-refractivity contribution in [3.63, 3.8) is 0 Å². The van der Waals surface area contributed by atoms with Crippen molar-refractivity contribution in [3.8, 4) is 5.75 Å². The molecule has 1 aliphatic carbocycles. The van der Waals surface area contributed by atoms with E-state index in [-0.39, 0.29) is 16.7 Å². The molecule has 0 spiro atoms. The first kappa shape index (κ1) is 13.7. The molecule has 2 fully saturated rings. The molecule has 2 atom stereocenters. The van der Waals surface area contributed by atoms with Gasteiger partial charge < -0.3 is 10.0 Å². The molecule has 1 amide bonds. The van der Waals surface area contributed by atoms with Gasteiger partial charge in [0, 0.05) is 18.7 Å². The minimum Gasteiger partial charge on any atom is -0.506 e. The van der Waals surface area contributed by atoms with E-state index in [1.54, 1.807) is 12.1 Å². The van der Waals surface area contributed by atoms with Crippen LogP contribution >= 0.6 is 11.6 Å². The van der Waals surface area contributed by atoms with Gasteiger partial charge in [-0.3, -0.25) is 4.79 Å². The number of phenolic OH excluding ortho intramolecular Hbond substituents is 1. The highest BCUT2D eigenvalue weighted by Crippen LogP contribution is 2.36. The normalized spacial score (nSPS) is 26.1. The third kappa shape index (κ3) is 2.64. The molecule has 2 aliphatic rings. The average molecular weight is 294 g/mol. The predicted octanol–water partition coefficient (Wildman–Crippen LogP) is 3.70. The van der Waals surface area contributed by atoms with Crippen LogP contribution in [0, 0.1) is 11.8 Å². The van der Waals surface area contributed by atoms with Crippen molar-refractivity contribution < 1.29 is 9.90 Å². The number of carbonyl (C=O) groups is 1. The molecule has 0 bridgehead atoms. The fourth-order valence-corrected chi connectivity index (χ4v) is 3.79. The van der Waals surface area contributed by atoms with Gasteiger partial charge in [-0.25, -0.2) is 0 Å². The summed E-state index contributed by atoms with van der Waals surface area (Å²) < 4.78 is 0. The molecule has 1 N–H and O–H groups in total. The van der Waals surface area contributed by atoms with Gasteiger partial charge in [-0.2, -0.15) is 0 Å². The molecule has 1 saturated carbocycles. The summed E-state index contributed by atoms with van der Waals surface area (Å²) in [5, 5.41) is 9.67. The van der Waals surface area contributed by atoms with Gasteiger partial charge >= 0.3 is 0 Å². The van der Waals surface area contributed by atoms with Crippen LogP contribution in [-0.2, 0) is 0 Å². The lowest BCUT2D eigenvalue weighted by molar-refractivity contribution is 0.0521. The number of rotatable bonds is 1. The zero-order valence-corrected chi connectivity index (χ0v) is 12.3. The smallest absolute Gasteiger partial charge is 0.253 e. The first-order valence-corrected chi connectivity index (χ1v) is 7.81. The zero-order chi connectivity index (χ0) is 14.1. The van der Waals surface area contributed by atoms with Gasteiger partial charge in [0.2, 0.25) is 0 Å². The third-order valence-corrected chi connectivity index (χ3v) is 5.08. The number of halogens is 1. The van der Waals surface area contributed by atoms with E-state index in [1.165, 1.54) is 31.7 Å². The molecule has 0 unspecified atom stereocenters. The van der Waals surface area contributed by atoms with Gasteiger partial charge in [0.15, 0.2) is 0 Å². The summed E-state index contributed by atoms with van der Waals surface area (Å²) in [6, 6.07) is 4.70. The van der Waals surface area contributed by atoms with Gasteiger partial charge in [0.25, 0.3) is 5.91 Å². The second-order valence-corrected chi connectivity index (χ2v) is 6.42. The molecule has 1 aliphatic heterocycles. The number of fused-ring (bicyclic) bond motifs is 1. The number of hydrogen-bond donors (Lipinski definition) is 1. The highest BCUT2D eigenvalue weighted by Gasteiger charge is 2.33. The lowest BCUT2D eigenvalue weighted by atomic mass is 9.75. The van der Waals surface area contributed by atoms with E-state index in [2.05, 4.69) is 0 Å². The number of hydrogen-bond acceptors (Lipinski definition) is 2. The van der Waals surface area contributed by atoms with E-state index in [4.69, 9.17) is 11.6 Å². The lowest BCUT2D eigenvalue weighted by Gasteiger charge is -2.41. The first-order chi connectivity index (χ1) is 9.65. The molecule has 3 nitrogen and oxygen atoms in total. The van der Waals surface area contributed by atoms with E-state index in [9.17, 15) is 9.90 Å². The van der Waals surface area contributed by atoms with Crippen LogP contribution in [0.2, 0.25) is 5.02 Å². The van der Waals surface area contributed by atoms with Gasteiger partial charge in [-0.1, -0.05) is 30.9 Å². The van der Waals surface area contributed by atoms with Crippen LogP contribution < -0.4 is 0 Å². The number of amides is 1. The SMILES string of the molecule is O=C(c1ccc(O)c(Cl)c1)N1CC[C@H]2CCCC[C@@H]2C1. The van der Waals surface area contributed by atoms with E-state index < -0.39 is 0 Å². The topological polar surface area (TPSA) is 40.5 Å². The van der Waals surface area contributed by atoms with Gasteiger partial charge in [0.05, 0.1) is 5.02 Å². The first-order valence-electron chi connectivity index (χ1n) is 7.43. The Kier molecular flexibility index (Phi) is 3.88. The molecule has 3 rings (SSSR count). The molecule has 108 valence electrons. The van der Waals surface area contributed by atoms with Crippen LogP contribution in [0.4, 0.5) is 0 Å². The number of nitrogens with zero attached hydrogens (tertiary/aromatic N) is 1. The van der Waals surface area contributed by atoms with Crippen molar-refractivity contribution in [2.45, 2.75) is 32.1 Å². The highest BCUT2D eigenvalue weighted by molar-refractivity contribution is 6.32. The summed E-state index contributed by atoms with van der Waals surface area (Å²) >= 11 is 5.89. The average Bonchev–Trinajstić information content (AvgIpc) is 2.49. The van der Waals surface area contributed by atoms with Gasteiger partial charge in [-0.05, 0) is 42.9 Å². The summed E-state index contributed by atoms with van der Waals surface area (Å²) in [4.78, 5) is 14.5. The molecule has 1 heterocycles.